The fourth-order valence-corrected chi connectivity index (χ4v) is 13.9. The van der Waals surface area contributed by atoms with Gasteiger partial charge in [-0.15, -0.1) is 0 Å². The first-order chi connectivity index (χ1) is 43.8. The molecule has 0 unspecified atom stereocenters. The maximum absolute atomic E-state index is 10.1. The summed E-state index contributed by atoms with van der Waals surface area (Å²) in [6.45, 7) is 0. The lowest BCUT2D eigenvalue weighted by atomic mass is 9.98. The first-order valence-electron chi connectivity index (χ1n) is 33.1. The van der Waals surface area contributed by atoms with Crippen LogP contribution in [0.15, 0.2) is 265 Å². The molecule has 0 spiro atoms. The highest BCUT2D eigenvalue weighted by molar-refractivity contribution is 7.19. The molecule has 0 aliphatic heterocycles. The van der Waals surface area contributed by atoms with Gasteiger partial charge in [0.2, 0.25) is 0 Å². The van der Waals surface area contributed by atoms with Crippen molar-refractivity contribution in [2.75, 3.05) is 0 Å². The summed E-state index contributed by atoms with van der Waals surface area (Å²) in [7, 11) is -3.22. The van der Waals surface area contributed by atoms with Crippen molar-refractivity contribution >= 4 is 72.6 Å². The van der Waals surface area contributed by atoms with Crippen LogP contribution in [0, 0.1) is 0 Å². The average molecular weight is 921 g/mol. The zero-order valence-electron chi connectivity index (χ0n) is 58.8. The Bertz CT molecular complexity index is 5200. The van der Waals surface area contributed by atoms with E-state index < -0.39 is 219 Å². The van der Waals surface area contributed by atoms with Gasteiger partial charge < -0.3 is 8.98 Å². The summed E-state index contributed by atoms with van der Waals surface area (Å²) in [4.78, 5) is 9.95. The molecule has 3 aromatic heterocycles. The molecule has 0 atom stereocenters. The van der Waals surface area contributed by atoms with Gasteiger partial charge in [0.1, 0.15) is 11.2 Å². The Balaban J connectivity index is 1.17. The standard InChI is InChI=1S/C64H43N3OSi/c1-4-22-47(23-5-1)69(48-24-6-2-7-25-48,49-26-8-3-9-27-49)50-40-38-44(39-41-50)64-65-57(46-21-18-20-45(42-46)51-32-19-33-55-54-30-13-17-37-62(54)68-63(51)55)43-58(66-64)56-31-12-16-36-61(56)67-59-34-14-10-28-52(59)53-29-11-15-35-60(53)67/h1-43H/i10D,11D,12D,13D,14D,15D,16D,17D,18D,19D,20D,21D,28D,29D,30D,31D,32D,33D,34D,35D,36D,37D,42D. The van der Waals surface area contributed by atoms with E-state index in [1.807, 2.05) is 66.7 Å². The molecule has 13 rings (SSSR count). The van der Waals surface area contributed by atoms with Gasteiger partial charge >= 0.3 is 0 Å². The third-order valence-corrected chi connectivity index (χ3v) is 17.0. The summed E-state index contributed by atoms with van der Waals surface area (Å²) in [6.07, 6.45) is 0. The molecule has 3 heterocycles. The lowest BCUT2D eigenvalue weighted by Gasteiger charge is -2.34. The Morgan fingerprint density at radius 3 is 1.58 bits per heavy atom. The van der Waals surface area contributed by atoms with Crippen LogP contribution in [0.5, 0.6) is 0 Å². The second kappa shape index (κ2) is 16.8. The van der Waals surface area contributed by atoms with E-state index in [0.717, 1.165) is 31.4 Å². The van der Waals surface area contributed by atoms with Crippen LogP contribution in [0.25, 0.3) is 94.5 Å². The van der Waals surface area contributed by atoms with Crippen LogP contribution in [-0.4, -0.2) is 22.6 Å². The number of rotatable bonds is 9. The second-order valence-corrected chi connectivity index (χ2v) is 19.7. The number of hydrogen-bond donors (Lipinski definition) is 0. The molecule has 0 amide bonds. The van der Waals surface area contributed by atoms with Crippen molar-refractivity contribution in [3.8, 4) is 50.7 Å². The van der Waals surface area contributed by atoms with Gasteiger partial charge in [0.15, 0.2) is 13.9 Å². The first-order valence-corrected chi connectivity index (χ1v) is 23.6. The van der Waals surface area contributed by atoms with E-state index in [4.69, 9.17) is 32.2 Å². The Morgan fingerprint density at radius 2 is 0.913 bits per heavy atom. The molecule has 0 aliphatic carbocycles. The molecule has 13 aromatic rings. The van der Waals surface area contributed by atoms with Gasteiger partial charge in [-0.25, -0.2) is 9.97 Å². The lowest BCUT2D eigenvalue weighted by molar-refractivity contribution is 0.670. The molecular formula is C64H43N3OSi. The minimum absolute atomic E-state index is 0.222. The molecule has 0 saturated heterocycles. The molecule has 0 aliphatic rings. The van der Waals surface area contributed by atoms with Crippen LogP contribution in [0.4, 0.5) is 0 Å². The number of para-hydroxylation sites is 5. The third-order valence-electron chi connectivity index (χ3n) is 12.2. The molecule has 0 radical (unpaired) electrons. The maximum Gasteiger partial charge on any atom is 0.179 e. The highest BCUT2D eigenvalue weighted by atomic mass is 28.3. The molecule has 0 saturated carbocycles. The molecule has 10 aromatic carbocycles. The summed E-state index contributed by atoms with van der Waals surface area (Å²) in [5, 5.41) is 2.42. The zero-order valence-corrected chi connectivity index (χ0v) is 36.8. The third kappa shape index (κ3) is 6.74. The number of nitrogens with zero attached hydrogens (tertiary/aromatic N) is 3. The highest BCUT2D eigenvalue weighted by Crippen LogP contribution is 2.39. The number of furan rings is 1. The Kier molecular flexibility index (Phi) is 5.64. The molecule has 0 fully saturated rings. The molecule has 0 bridgehead atoms. The summed E-state index contributed by atoms with van der Waals surface area (Å²) in [5.41, 5.74) is -5.58. The van der Waals surface area contributed by atoms with E-state index in [1.54, 1.807) is 12.1 Å². The zero-order chi connectivity index (χ0) is 65.7. The van der Waals surface area contributed by atoms with Gasteiger partial charge in [0.25, 0.3) is 0 Å². The summed E-state index contributed by atoms with van der Waals surface area (Å²) in [6, 6.07) is 20.0. The summed E-state index contributed by atoms with van der Waals surface area (Å²) >= 11 is 0. The van der Waals surface area contributed by atoms with Gasteiger partial charge in [0, 0.05) is 43.8 Å². The van der Waals surface area contributed by atoms with Gasteiger partial charge in [-0.2, -0.15) is 0 Å². The summed E-state index contributed by atoms with van der Waals surface area (Å²) in [5.74, 6) is -0.252. The van der Waals surface area contributed by atoms with Crippen molar-refractivity contribution in [1.82, 2.24) is 14.5 Å². The van der Waals surface area contributed by atoms with E-state index in [0.29, 0.717) is 0 Å². The number of aromatic nitrogens is 3. The maximum atomic E-state index is 10.1. The number of hydrogen-bond acceptors (Lipinski definition) is 3. The average Bonchev–Trinajstić information content (AvgIpc) is 1.49. The molecular weight excluding hydrogens is 855 g/mol. The van der Waals surface area contributed by atoms with Crippen LogP contribution in [-0.2, 0) is 0 Å². The van der Waals surface area contributed by atoms with Crippen molar-refractivity contribution in [3.63, 3.8) is 0 Å². The van der Waals surface area contributed by atoms with Crippen molar-refractivity contribution in [2.24, 2.45) is 0 Å². The first kappa shape index (κ1) is 23.2. The molecule has 4 nitrogen and oxygen atoms in total. The van der Waals surface area contributed by atoms with Gasteiger partial charge in [-0.05, 0) is 62.6 Å². The van der Waals surface area contributed by atoms with Crippen LogP contribution in [0.1, 0.15) is 31.5 Å². The molecule has 69 heavy (non-hydrogen) atoms. The highest BCUT2D eigenvalue weighted by Gasteiger charge is 2.41. The van der Waals surface area contributed by atoms with Crippen molar-refractivity contribution < 1.29 is 35.9 Å². The van der Waals surface area contributed by atoms with Crippen molar-refractivity contribution in [3.05, 3.63) is 260 Å². The molecule has 0 N–H and O–H groups in total. The van der Waals surface area contributed by atoms with E-state index in [2.05, 4.69) is 36.4 Å². The van der Waals surface area contributed by atoms with E-state index >= 15 is 0 Å². The quantitative estimate of drug-likeness (QED) is 0.107. The molecule has 324 valence electrons. The number of benzene rings is 10. The number of fused-ring (bicyclic) bond motifs is 6. The smallest absolute Gasteiger partial charge is 0.179 e. The van der Waals surface area contributed by atoms with Crippen molar-refractivity contribution in [2.45, 2.75) is 0 Å². The van der Waals surface area contributed by atoms with Crippen LogP contribution >= 0.6 is 0 Å². The fourth-order valence-electron chi connectivity index (χ4n) is 9.17. The van der Waals surface area contributed by atoms with E-state index in [9.17, 15) is 13.7 Å². The van der Waals surface area contributed by atoms with Crippen molar-refractivity contribution in [1.29, 1.82) is 0 Å². The Hall–Kier alpha value is -8.90. The normalized spacial score (nSPS) is 16.4. The van der Waals surface area contributed by atoms with E-state index in [-0.39, 0.29) is 22.2 Å². The predicted molar refractivity (Wildman–Crippen MR) is 289 cm³/mol. The van der Waals surface area contributed by atoms with Crippen LogP contribution in [0.3, 0.4) is 0 Å². The Morgan fingerprint density at radius 1 is 0.406 bits per heavy atom. The minimum atomic E-state index is -3.22. The second-order valence-electron chi connectivity index (χ2n) is 15.9. The van der Waals surface area contributed by atoms with Gasteiger partial charge in [-0.3, -0.25) is 0 Å². The predicted octanol–water partition coefficient (Wildman–Crippen LogP) is 13.5. The largest absolute Gasteiger partial charge is 0.455 e. The van der Waals surface area contributed by atoms with E-state index in [1.165, 1.54) is 0 Å². The SMILES string of the molecule is [2H]c1c([2H])c(-c2cc(-c3c([2H])c([2H])c([2H])c([2H])c3-n3c4c([2H])c([2H])c([2H])c([2H])c4c4c([2H])c([2H])c([2H])c([2H])c43)nc(-c3ccc([Si](c4ccccc4)(c4ccccc4)c4ccccc4)cc3)n2)c([2H])c(-c2c([2H])c([2H])c([2H])c3c2oc2c([2H])c([2H])c([2H])c([2H])c23)c1[2H]. The lowest BCUT2D eigenvalue weighted by Crippen LogP contribution is -2.74. The summed E-state index contributed by atoms with van der Waals surface area (Å²) < 4.78 is 217. The fraction of sp³-hybridized carbons (Fsp3) is 0. The topological polar surface area (TPSA) is 43.9 Å². The molecule has 5 heteroatoms. The van der Waals surface area contributed by atoms with Gasteiger partial charge in [-0.1, -0.05) is 224 Å². The van der Waals surface area contributed by atoms with Crippen LogP contribution < -0.4 is 20.7 Å². The monoisotopic (exact) mass is 920 g/mol. The minimum Gasteiger partial charge on any atom is -0.455 e. The Labute approximate surface area is 433 Å². The van der Waals surface area contributed by atoms with Crippen LogP contribution in [0.2, 0.25) is 0 Å². The van der Waals surface area contributed by atoms with Gasteiger partial charge in [0.05, 0.1) is 59.6 Å².